The second-order valence-corrected chi connectivity index (χ2v) is 8.25. The summed E-state index contributed by atoms with van der Waals surface area (Å²) in [6.07, 6.45) is 7.89. The summed E-state index contributed by atoms with van der Waals surface area (Å²) >= 11 is 0. The zero-order valence-electron chi connectivity index (χ0n) is 18.0. The van der Waals surface area contributed by atoms with Gasteiger partial charge in [0.25, 0.3) is 5.82 Å². The molecule has 0 aliphatic heterocycles. The first-order chi connectivity index (χ1) is 15.3. The number of para-hydroxylation sites is 1. The minimum absolute atomic E-state index is 0.800. The molecule has 0 N–H and O–H groups in total. The first-order valence-corrected chi connectivity index (χ1v) is 11.2. The van der Waals surface area contributed by atoms with Crippen LogP contribution in [0.4, 0.5) is 0 Å². The molecule has 3 heteroatoms. The third kappa shape index (κ3) is 4.22. The van der Waals surface area contributed by atoms with Crippen LogP contribution in [0.3, 0.4) is 0 Å². The Labute approximate surface area is 183 Å². The highest BCUT2D eigenvalue weighted by Gasteiger charge is 2.18. The molecule has 0 atom stereocenters. The van der Waals surface area contributed by atoms with Crippen molar-refractivity contribution < 1.29 is 4.57 Å². The lowest BCUT2D eigenvalue weighted by atomic mass is 10.1. The average Bonchev–Trinajstić information content (AvgIpc) is 3.18. The zero-order chi connectivity index (χ0) is 21.0. The van der Waals surface area contributed by atoms with Crippen LogP contribution in [-0.4, -0.2) is 9.55 Å². The zero-order valence-corrected chi connectivity index (χ0v) is 18.0. The highest BCUT2D eigenvalue weighted by Crippen LogP contribution is 2.17. The fourth-order valence-corrected chi connectivity index (χ4v) is 4.31. The molecule has 0 bridgehead atoms. The van der Waals surface area contributed by atoms with Gasteiger partial charge in [-0.05, 0) is 41.0 Å². The van der Waals surface area contributed by atoms with E-state index in [1.807, 2.05) is 0 Å². The number of aromatic nitrogens is 3. The van der Waals surface area contributed by atoms with Gasteiger partial charge in [0.05, 0.1) is 11.2 Å². The van der Waals surface area contributed by atoms with Gasteiger partial charge < -0.3 is 0 Å². The molecule has 0 spiro atoms. The molecule has 0 saturated carbocycles. The van der Waals surface area contributed by atoms with Gasteiger partial charge in [0, 0.05) is 11.8 Å². The van der Waals surface area contributed by atoms with E-state index in [4.69, 9.17) is 4.98 Å². The van der Waals surface area contributed by atoms with Gasteiger partial charge in [-0.1, -0.05) is 74.0 Å². The summed E-state index contributed by atoms with van der Waals surface area (Å²) in [4.78, 5) is 4.89. The minimum atomic E-state index is 0.800. The second-order valence-electron chi connectivity index (χ2n) is 8.25. The average molecular weight is 407 g/mol. The Balaban J connectivity index is 1.44. The summed E-state index contributed by atoms with van der Waals surface area (Å²) < 4.78 is 4.77. The fourth-order valence-electron chi connectivity index (χ4n) is 4.31. The molecule has 0 saturated heterocycles. The van der Waals surface area contributed by atoms with Gasteiger partial charge in [-0.25, -0.2) is 14.1 Å². The van der Waals surface area contributed by atoms with Crippen molar-refractivity contribution in [1.29, 1.82) is 0 Å². The largest absolute Gasteiger partial charge is 0.257 e. The van der Waals surface area contributed by atoms with E-state index in [1.54, 1.807) is 0 Å². The molecular weight excluding hydrogens is 378 g/mol. The van der Waals surface area contributed by atoms with Gasteiger partial charge in [0.15, 0.2) is 0 Å². The van der Waals surface area contributed by atoms with E-state index in [2.05, 4.69) is 107 Å². The van der Waals surface area contributed by atoms with E-state index in [1.165, 1.54) is 40.4 Å². The van der Waals surface area contributed by atoms with Crippen LogP contribution in [0.15, 0.2) is 91.3 Å². The van der Waals surface area contributed by atoms with E-state index in [9.17, 15) is 0 Å². The molecule has 2 heterocycles. The van der Waals surface area contributed by atoms with Crippen molar-refractivity contribution in [2.45, 2.75) is 39.3 Å². The molecule has 0 amide bonds. The lowest BCUT2D eigenvalue weighted by Crippen LogP contribution is -2.38. The first kappa shape index (κ1) is 19.5. The molecule has 2 aromatic heterocycles. The van der Waals surface area contributed by atoms with E-state index >= 15 is 0 Å². The molecule has 5 aromatic rings. The molecule has 31 heavy (non-hydrogen) atoms. The van der Waals surface area contributed by atoms with Gasteiger partial charge in [0.2, 0.25) is 0 Å². The summed E-state index contributed by atoms with van der Waals surface area (Å²) in [7, 11) is 0. The van der Waals surface area contributed by atoms with Crippen LogP contribution in [0.1, 0.15) is 36.8 Å². The summed E-state index contributed by atoms with van der Waals surface area (Å²) in [6, 6.07) is 28.0. The maximum absolute atomic E-state index is 4.89. The predicted molar refractivity (Wildman–Crippen MR) is 127 cm³/mol. The SMILES string of the molecule is CCCCc1n(Cc2ccc3ccccc3n2)cc[n+]1Cc1ccc2ccccc2c1. The Morgan fingerprint density at radius 3 is 2.48 bits per heavy atom. The predicted octanol–water partition coefficient (Wildman–Crippen LogP) is 5.92. The van der Waals surface area contributed by atoms with E-state index in [0.29, 0.717) is 0 Å². The van der Waals surface area contributed by atoms with Gasteiger partial charge in [-0.3, -0.25) is 0 Å². The third-order valence-corrected chi connectivity index (χ3v) is 6.00. The number of hydrogen-bond acceptors (Lipinski definition) is 1. The molecule has 3 nitrogen and oxygen atoms in total. The van der Waals surface area contributed by atoms with Crippen molar-refractivity contribution in [3.05, 3.63) is 108 Å². The van der Waals surface area contributed by atoms with Gasteiger partial charge in [0.1, 0.15) is 25.5 Å². The Morgan fingerprint density at radius 1 is 0.839 bits per heavy atom. The molecule has 0 unspecified atom stereocenters. The van der Waals surface area contributed by atoms with Gasteiger partial charge in [-0.15, -0.1) is 0 Å². The van der Waals surface area contributed by atoms with Crippen molar-refractivity contribution >= 4 is 21.7 Å². The summed E-state index contributed by atoms with van der Waals surface area (Å²) in [5, 5.41) is 3.79. The Bertz CT molecular complexity index is 1230. The van der Waals surface area contributed by atoms with E-state index in [-0.39, 0.29) is 0 Å². The number of pyridine rings is 1. The second kappa shape index (κ2) is 8.73. The first-order valence-electron chi connectivity index (χ1n) is 11.2. The van der Waals surface area contributed by atoms with Crippen LogP contribution in [0.5, 0.6) is 0 Å². The minimum Gasteiger partial charge on any atom is -0.249 e. The van der Waals surface area contributed by atoms with Crippen molar-refractivity contribution in [2.24, 2.45) is 0 Å². The summed E-state index contributed by atoms with van der Waals surface area (Å²) in [5.74, 6) is 1.37. The maximum atomic E-state index is 4.89. The molecule has 0 aliphatic rings. The third-order valence-electron chi connectivity index (χ3n) is 6.00. The van der Waals surface area contributed by atoms with Crippen molar-refractivity contribution in [3.8, 4) is 0 Å². The topological polar surface area (TPSA) is 21.7 Å². The molecule has 0 radical (unpaired) electrons. The summed E-state index contributed by atoms with van der Waals surface area (Å²) in [6.45, 7) is 3.95. The van der Waals surface area contributed by atoms with Gasteiger partial charge in [-0.2, -0.15) is 0 Å². The molecule has 154 valence electrons. The van der Waals surface area contributed by atoms with E-state index < -0.39 is 0 Å². The quantitative estimate of drug-likeness (QED) is 0.308. The van der Waals surface area contributed by atoms with E-state index in [0.717, 1.165) is 30.7 Å². The van der Waals surface area contributed by atoms with Crippen LogP contribution in [0.25, 0.3) is 21.7 Å². The van der Waals surface area contributed by atoms with Crippen molar-refractivity contribution in [2.75, 3.05) is 0 Å². The standard InChI is InChI=1S/C28H28N3/c1-2-3-12-28-30(20-22-13-14-23-8-4-5-10-25(23)19-22)17-18-31(28)21-26-16-15-24-9-6-7-11-27(24)29-26/h4-11,13-19H,2-3,12,20-21H2,1H3/q+1. The van der Waals surface area contributed by atoms with Crippen molar-refractivity contribution in [3.63, 3.8) is 0 Å². The number of rotatable bonds is 7. The normalized spacial score (nSPS) is 11.4. The lowest BCUT2D eigenvalue weighted by molar-refractivity contribution is -0.695. The molecule has 5 rings (SSSR count). The van der Waals surface area contributed by atoms with Crippen LogP contribution in [0, 0.1) is 0 Å². The highest BCUT2D eigenvalue weighted by molar-refractivity contribution is 5.83. The lowest BCUT2D eigenvalue weighted by Gasteiger charge is -2.07. The molecular formula is C28H28N3+. The Kier molecular flexibility index (Phi) is 5.49. The fraction of sp³-hybridized carbons (Fsp3) is 0.214. The van der Waals surface area contributed by atoms with Crippen molar-refractivity contribution in [1.82, 2.24) is 9.55 Å². The Morgan fingerprint density at radius 2 is 1.61 bits per heavy atom. The monoisotopic (exact) mass is 406 g/mol. The van der Waals surface area contributed by atoms with Crippen LogP contribution < -0.4 is 4.57 Å². The maximum Gasteiger partial charge on any atom is 0.257 e. The summed E-state index contributed by atoms with van der Waals surface area (Å²) in [5.41, 5.74) is 3.50. The van der Waals surface area contributed by atoms with Crippen LogP contribution in [0.2, 0.25) is 0 Å². The number of nitrogens with zero attached hydrogens (tertiary/aromatic N) is 3. The number of benzene rings is 3. The molecule has 0 fully saturated rings. The van der Waals surface area contributed by atoms with Gasteiger partial charge >= 0.3 is 0 Å². The van der Waals surface area contributed by atoms with Crippen LogP contribution >= 0.6 is 0 Å². The number of hydrogen-bond donors (Lipinski definition) is 0. The Hall–Kier alpha value is -3.46. The highest BCUT2D eigenvalue weighted by atomic mass is 15.2. The molecule has 0 aliphatic carbocycles. The number of fused-ring (bicyclic) bond motifs is 2. The molecule has 3 aromatic carbocycles. The number of unbranched alkanes of at least 4 members (excludes halogenated alkanes) is 1. The van der Waals surface area contributed by atoms with Crippen LogP contribution in [-0.2, 0) is 19.5 Å². The number of imidazole rings is 1. The smallest absolute Gasteiger partial charge is 0.249 e.